The Balaban J connectivity index is 1.50. The highest BCUT2D eigenvalue weighted by Crippen LogP contribution is 2.23. The standard InChI is InChI=1S/C18H24N4O2/c23-17-8-2-1-6-15(17)12-19-18(24)21-16-7-3-5-14(11-16)13-22-10-4-9-20-22/h3-5,7,9-11,15,17,23H,1-2,6,8,12-13H2,(H2,19,21,24)/t15-,17-/m0/s1. The lowest BCUT2D eigenvalue weighted by Gasteiger charge is -2.27. The number of hydrogen-bond donors (Lipinski definition) is 3. The van der Waals surface area contributed by atoms with Crippen LogP contribution in [0.3, 0.4) is 0 Å². The van der Waals surface area contributed by atoms with Crippen molar-refractivity contribution in [3.05, 3.63) is 48.3 Å². The van der Waals surface area contributed by atoms with E-state index in [1.165, 1.54) is 0 Å². The first-order chi connectivity index (χ1) is 11.7. The van der Waals surface area contributed by atoms with Crippen LogP contribution in [0.4, 0.5) is 10.5 Å². The van der Waals surface area contributed by atoms with Crippen LogP contribution in [0.5, 0.6) is 0 Å². The molecule has 1 aromatic carbocycles. The zero-order valence-electron chi connectivity index (χ0n) is 13.7. The molecule has 2 amide bonds. The van der Waals surface area contributed by atoms with Gasteiger partial charge in [0.25, 0.3) is 0 Å². The summed E-state index contributed by atoms with van der Waals surface area (Å²) in [5.41, 5.74) is 1.82. The number of urea groups is 1. The molecule has 2 aromatic rings. The Morgan fingerprint density at radius 2 is 2.17 bits per heavy atom. The molecule has 3 rings (SSSR count). The lowest BCUT2D eigenvalue weighted by molar-refractivity contribution is 0.0712. The molecule has 2 atom stereocenters. The summed E-state index contributed by atoms with van der Waals surface area (Å²) in [6.45, 7) is 1.18. The van der Waals surface area contributed by atoms with Gasteiger partial charge in [-0.15, -0.1) is 0 Å². The van der Waals surface area contributed by atoms with Gasteiger partial charge in [-0.2, -0.15) is 5.10 Å². The third-order valence-corrected chi connectivity index (χ3v) is 4.48. The van der Waals surface area contributed by atoms with Crippen LogP contribution in [0.1, 0.15) is 31.2 Å². The van der Waals surface area contributed by atoms with Gasteiger partial charge in [-0.05, 0) is 36.6 Å². The summed E-state index contributed by atoms with van der Waals surface area (Å²) in [5, 5.41) is 19.9. The van der Waals surface area contributed by atoms with E-state index in [0.717, 1.165) is 36.9 Å². The summed E-state index contributed by atoms with van der Waals surface area (Å²) in [5.74, 6) is 0.163. The Hall–Kier alpha value is -2.34. The number of hydrogen-bond acceptors (Lipinski definition) is 3. The predicted octanol–water partition coefficient (Wildman–Crippen LogP) is 2.60. The molecule has 1 aliphatic rings. The zero-order valence-corrected chi connectivity index (χ0v) is 13.7. The van der Waals surface area contributed by atoms with Gasteiger partial charge in [0.1, 0.15) is 0 Å². The molecule has 0 aliphatic heterocycles. The van der Waals surface area contributed by atoms with Crippen LogP contribution in [-0.2, 0) is 6.54 Å². The van der Waals surface area contributed by atoms with Gasteiger partial charge in [-0.25, -0.2) is 4.79 Å². The lowest BCUT2D eigenvalue weighted by atomic mass is 9.86. The number of benzene rings is 1. The zero-order chi connectivity index (χ0) is 16.8. The fourth-order valence-electron chi connectivity index (χ4n) is 3.15. The number of carbonyl (C=O) groups is 1. The van der Waals surface area contributed by atoms with Crippen molar-refractivity contribution < 1.29 is 9.90 Å². The van der Waals surface area contributed by atoms with Gasteiger partial charge in [0, 0.05) is 30.5 Å². The molecule has 0 bridgehead atoms. The van der Waals surface area contributed by atoms with Gasteiger partial charge in [0.05, 0.1) is 12.6 Å². The summed E-state index contributed by atoms with van der Waals surface area (Å²) < 4.78 is 1.84. The minimum atomic E-state index is -0.295. The second-order valence-electron chi connectivity index (χ2n) is 6.35. The highest BCUT2D eigenvalue weighted by atomic mass is 16.3. The fraction of sp³-hybridized carbons (Fsp3) is 0.444. The molecule has 1 aliphatic carbocycles. The summed E-state index contributed by atoms with van der Waals surface area (Å²) in [6.07, 6.45) is 7.37. The van der Waals surface area contributed by atoms with Gasteiger partial charge < -0.3 is 15.7 Å². The molecule has 1 saturated carbocycles. The van der Waals surface area contributed by atoms with E-state index in [2.05, 4.69) is 15.7 Å². The molecule has 128 valence electrons. The van der Waals surface area contributed by atoms with E-state index in [1.807, 2.05) is 41.2 Å². The normalized spacial score (nSPS) is 20.5. The number of amides is 2. The molecule has 0 saturated heterocycles. The molecule has 1 heterocycles. The smallest absolute Gasteiger partial charge is 0.319 e. The quantitative estimate of drug-likeness (QED) is 0.789. The Labute approximate surface area is 141 Å². The summed E-state index contributed by atoms with van der Waals surface area (Å²) in [4.78, 5) is 12.1. The van der Waals surface area contributed by atoms with Crippen LogP contribution in [0.25, 0.3) is 0 Å². The van der Waals surface area contributed by atoms with Crippen molar-refractivity contribution in [2.75, 3.05) is 11.9 Å². The molecule has 24 heavy (non-hydrogen) atoms. The van der Waals surface area contributed by atoms with Crippen molar-refractivity contribution in [2.45, 2.75) is 38.3 Å². The largest absolute Gasteiger partial charge is 0.393 e. The van der Waals surface area contributed by atoms with E-state index in [-0.39, 0.29) is 18.1 Å². The Morgan fingerprint density at radius 3 is 2.96 bits per heavy atom. The minimum Gasteiger partial charge on any atom is -0.393 e. The summed E-state index contributed by atoms with van der Waals surface area (Å²) >= 11 is 0. The fourth-order valence-corrected chi connectivity index (χ4v) is 3.15. The van der Waals surface area contributed by atoms with Gasteiger partial charge in [-0.3, -0.25) is 4.68 Å². The van der Waals surface area contributed by atoms with Crippen LogP contribution in [-0.4, -0.2) is 33.6 Å². The maximum Gasteiger partial charge on any atom is 0.319 e. The first-order valence-corrected chi connectivity index (χ1v) is 8.50. The van der Waals surface area contributed by atoms with E-state index >= 15 is 0 Å². The molecule has 6 heteroatoms. The highest BCUT2D eigenvalue weighted by molar-refractivity contribution is 5.89. The summed E-state index contributed by atoms with van der Waals surface area (Å²) in [6, 6.07) is 9.37. The van der Waals surface area contributed by atoms with Gasteiger partial charge in [-0.1, -0.05) is 25.0 Å². The van der Waals surface area contributed by atoms with Crippen molar-refractivity contribution in [2.24, 2.45) is 5.92 Å². The Kier molecular flexibility index (Phi) is 5.48. The van der Waals surface area contributed by atoms with Crippen LogP contribution in [0.15, 0.2) is 42.7 Å². The number of nitrogens with zero attached hydrogens (tertiary/aromatic N) is 2. The van der Waals surface area contributed by atoms with Crippen LogP contribution in [0, 0.1) is 5.92 Å². The average molecular weight is 328 g/mol. The van der Waals surface area contributed by atoms with Crippen molar-refractivity contribution >= 4 is 11.7 Å². The molecular formula is C18H24N4O2. The molecule has 0 spiro atoms. The molecule has 0 unspecified atom stereocenters. The lowest BCUT2D eigenvalue weighted by Crippen LogP contribution is -2.38. The number of rotatable bonds is 5. The topological polar surface area (TPSA) is 79.2 Å². The monoisotopic (exact) mass is 328 g/mol. The van der Waals surface area contributed by atoms with E-state index in [1.54, 1.807) is 6.20 Å². The molecule has 6 nitrogen and oxygen atoms in total. The SMILES string of the molecule is O=C(NC[C@@H]1CCCC[C@@H]1O)Nc1cccc(Cn2cccn2)c1. The number of carbonyl (C=O) groups excluding carboxylic acids is 1. The highest BCUT2D eigenvalue weighted by Gasteiger charge is 2.23. The molecule has 1 aromatic heterocycles. The number of aliphatic hydroxyl groups excluding tert-OH is 1. The number of anilines is 1. The number of aliphatic hydroxyl groups is 1. The van der Waals surface area contributed by atoms with Gasteiger partial charge in [0.2, 0.25) is 0 Å². The second kappa shape index (κ2) is 7.97. The summed E-state index contributed by atoms with van der Waals surface area (Å²) in [7, 11) is 0. The van der Waals surface area contributed by atoms with Crippen molar-refractivity contribution in [1.82, 2.24) is 15.1 Å². The average Bonchev–Trinajstić information content (AvgIpc) is 3.07. The maximum absolute atomic E-state index is 12.1. The minimum absolute atomic E-state index is 0.163. The first-order valence-electron chi connectivity index (χ1n) is 8.50. The van der Waals surface area contributed by atoms with Crippen molar-refractivity contribution in [1.29, 1.82) is 0 Å². The molecular weight excluding hydrogens is 304 g/mol. The maximum atomic E-state index is 12.1. The van der Waals surface area contributed by atoms with E-state index in [9.17, 15) is 9.90 Å². The van der Waals surface area contributed by atoms with Crippen LogP contribution < -0.4 is 10.6 Å². The third-order valence-electron chi connectivity index (χ3n) is 4.48. The molecule has 1 fully saturated rings. The third kappa shape index (κ3) is 4.58. The van der Waals surface area contributed by atoms with Gasteiger partial charge >= 0.3 is 6.03 Å². The van der Waals surface area contributed by atoms with Crippen LogP contribution in [0.2, 0.25) is 0 Å². The van der Waals surface area contributed by atoms with Crippen molar-refractivity contribution in [3.8, 4) is 0 Å². The van der Waals surface area contributed by atoms with E-state index in [4.69, 9.17) is 0 Å². The Bertz CT molecular complexity index is 657. The van der Waals surface area contributed by atoms with Crippen molar-refractivity contribution in [3.63, 3.8) is 0 Å². The number of nitrogens with one attached hydrogen (secondary N) is 2. The molecule has 0 radical (unpaired) electrons. The Morgan fingerprint density at radius 1 is 1.29 bits per heavy atom. The van der Waals surface area contributed by atoms with E-state index < -0.39 is 0 Å². The second-order valence-corrected chi connectivity index (χ2v) is 6.35. The predicted molar refractivity (Wildman–Crippen MR) is 92.8 cm³/mol. The van der Waals surface area contributed by atoms with Gasteiger partial charge in [0.15, 0.2) is 0 Å². The van der Waals surface area contributed by atoms with Crippen LogP contribution >= 0.6 is 0 Å². The van der Waals surface area contributed by atoms with E-state index in [0.29, 0.717) is 13.1 Å². The first kappa shape index (κ1) is 16.5. The molecule has 3 N–H and O–H groups in total. The number of aromatic nitrogens is 2.